The number of carbonyl (C=O) groups excluding carboxylic acids is 2. The Morgan fingerprint density at radius 1 is 1.07 bits per heavy atom. The number of carbonyl (C=O) groups is 2. The molecule has 0 unspecified atom stereocenters. The SMILES string of the molecule is CCCC(=O)Nc1ccc(Cl)c(NC(=S)NC(=O)C=Cc2ccc(Cl)cc2)c1. The third-order valence-corrected chi connectivity index (χ3v) is 4.29. The van der Waals surface area contributed by atoms with Crippen molar-refractivity contribution in [3.8, 4) is 0 Å². The van der Waals surface area contributed by atoms with Gasteiger partial charge in [-0.25, -0.2) is 0 Å². The molecule has 8 heteroatoms. The van der Waals surface area contributed by atoms with Crippen molar-refractivity contribution in [2.24, 2.45) is 0 Å². The van der Waals surface area contributed by atoms with Crippen LogP contribution < -0.4 is 16.0 Å². The number of hydrogen-bond donors (Lipinski definition) is 3. The predicted molar refractivity (Wildman–Crippen MR) is 120 cm³/mol. The predicted octanol–water partition coefficient (Wildman–Crippen LogP) is 5.26. The first-order valence-electron chi connectivity index (χ1n) is 8.52. The maximum atomic E-state index is 12.0. The highest BCUT2D eigenvalue weighted by atomic mass is 35.5. The van der Waals surface area contributed by atoms with Crippen LogP contribution in [0.25, 0.3) is 6.08 Å². The molecule has 0 saturated heterocycles. The molecule has 0 saturated carbocycles. The van der Waals surface area contributed by atoms with Crippen molar-refractivity contribution in [3.05, 3.63) is 64.1 Å². The average Bonchev–Trinajstić information content (AvgIpc) is 2.64. The summed E-state index contributed by atoms with van der Waals surface area (Å²) >= 11 is 17.1. The molecular formula is C20H19Cl2N3O2S. The number of halogens is 2. The molecule has 0 bridgehead atoms. The normalized spacial score (nSPS) is 10.5. The van der Waals surface area contributed by atoms with Gasteiger partial charge in [0.05, 0.1) is 10.7 Å². The minimum Gasteiger partial charge on any atom is -0.331 e. The molecule has 0 aliphatic heterocycles. The Morgan fingerprint density at radius 3 is 2.46 bits per heavy atom. The summed E-state index contributed by atoms with van der Waals surface area (Å²) < 4.78 is 0. The van der Waals surface area contributed by atoms with Gasteiger partial charge >= 0.3 is 0 Å². The van der Waals surface area contributed by atoms with E-state index in [4.69, 9.17) is 35.4 Å². The molecule has 3 N–H and O–H groups in total. The average molecular weight is 436 g/mol. The second-order valence-corrected chi connectivity index (χ2v) is 7.07. The largest absolute Gasteiger partial charge is 0.331 e. The van der Waals surface area contributed by atoms with Gasteiger partial charge in [0.1, 0.15) is 0 Å². The van der Waals surface area contributed by atoms with E-state index in [0.717, 1.165) is 12.0 Å². The van der Waals surface area contributed by atoms with Gasteiger partial charge in [0.15, 0.2) is 5.11 Å². The molecule has 146 valence electrons. The first-order valence-corrected chi connectivity index (χ1v) is 9.69. The number of rotatable bonds is 6. The van der Waals surface area contributed by atoms with Gasteiger partial charge in [-0.1, -0.05) is 42.3 Å². The number of nitrogens with one attached hydrogen (secondary N) is 3. The highest BCUT2D eigenvalue weighted by Gasteiger charge is 2.08. The van der Waals surface area contributed by atoms with Crippen molar-refractivity contribution in [3.63, 3.8) is 0 Å². The van der Waals surface area contributed by atoms with Gasteiger partial charge in [-0.15, -0.1) is 0 Å². The maximum absolute atomic E-state index is 12.0. The van der Waals surface area contributed by atoms with Crippen molar-refractivity contribution in [2.75, 3.05) is 10.6 Å². The number of amides is 2. The van der Waals surface area contributed by atoms with Crippen molar-refractivity contribution in [1.29, 1.82) is 0 Å². The number of anilines is 2. The fraction of sp³-hybridized carbons (Fsp3) is 0.150. The van der Waals surface area contributed by atoms with Gasteiger partial charge in [-0.2, -0.15) is 0 Å². The summed E-state index contributed by atoms with van der Waals surface area (Å²) in [6, 6.07) is 12.0. The van der Waals surface area contributed by atoms with Gasteiger partial charge in [0, 0.05) is 23.2 Å². The summed E-state index contributed by atoms with van der Waals surface area (Å²) in [7, 11) is 0. The molecule has 0 aliphatic rings. The maximum Gasteiger partial charge on any atom is 0.250 e. The molecule has 2 amide bonds. The summed E-state index contributed by atoms with van der Waals surface area (Å²) in [5.74, 6) is -0.477. The van der Waals surface area contributed by atoms with Crippen LogP contribution in [0.4, 0.5) is 11.4 Å². The minimum atomic E-state index is -0.393. The summed E-state index contributed by atoms with van der Waals surface area (Å²) in [6.07, 6.45) is 4.19. The van der Waals surface area contributed by atoms with Crippen molar-refractivity contribution in [1.82, 2.24) is 5.32 Å². The standard InChI is InChI=1S/C20H19Cl2N3O2S/c1-2-3-18(26)23-15-9-10-16(22)17(12-15)24-20(28)25-19(27)11-6-13-4-7-14(21)8-5-13/h4-12H,2-3H2,1H3,(H,23,26)(H2,24,25,27,28). The molecule has 0 radical (unpaired) electrons. The first-order chi connectivity index (χ1) is 13.4. The number of thiocarbonyl (C=S) groups is 1. The lowest BCUT2D eigenvalue weighted by Gasteiger charge is -2.12. The van der Waals surface area contributed by atoms with E-state index in [2.05, 4.69) is 16.0 Å². The number of benzene rings is 2. The van der Waals surface area contributed by atoms with E-state index in [1.54, 1.807) is 48.5 Å². The molecular weight excluding hydrogens is 417 g/mol. The summed E-state index contributed by atoms with van der Waals surface area (Å²) in [4.78, 5) is 23.7. The third-order valence-electron chi connectivity index (χ3n) is 3.51. The number of hydrogen-bond acceptors (Lipinski definition) is 3. The summed E-state index contributed by atoms with van der Waals surface area (Å²) in [5.41, 5.74) is 1.89. The van der Waals surface area contributed by atoms with Gasteiger partial charge in [0.25, 0.3) is 0 Å². The second-order valence-electron chi connectivity index (χ2n) is 5.82. The van der Waals surface area contributed by atoms with Gasteiger partial charge in [-0.3, -0.25) is 14.9 Å². The lowest BCUT2D eigenvalue weighted by Crippen LogP contribution is -2.32. The highest BCUT2D eigenvalue weighted by Crippen LogP contribution is 2.25. The highest BCUT2D eigenvalue weighted by molar-refractivity contribution is 7.80. The van der Waals surface area contributed by atoms with E-state index in [1.165, 1.54) is 6.08 Å². The monoisotopic (exact) mass is 435 g/mol. The molecule has 0 heterocycles. The molecule has 0 aliphatic carbocycles. The Kier molecular flexibility index (Phi) is 8.44. The molecule has 0 atom stereocenters. The zero-order chi connectivity index (χ0) is 20.5. The Labute approximate surface area is 179 Å². The van der Waals surface area contributed by atoms with Gasteiger partial charge < -0.3 is 10.6 Å². The zero-order valence-electron chi connectivity index (χ0n) is 15.1. The molecule has 0 aromatic heterocycles. The van der Waals surface area contributed by atoms with Crippen LogP contribution in [0.1, 0.15) is 25.3 Å². The van der Waals surface area contributed by atoms with Crippen LogP contribution in [0.5, 0.6) is 0 Å². The topological polar surface area (TPSA) is 70.2 Å². The quantitative estimate of drug-likeness (QED) is 0.427. The molecule has 2 aromatic carbocycles. The van der Waals surface area contributed by atoms with Crippen LogP contribution >= 0.6 is 35.4 Å². The Bertz CT molecular complexity index is 899. The van der Waals surface area contributed by atoms with Crippen molar-refractivity contribution < 1.29 is 9.59 Å². The Balaban J connectivity index is 1.95. The van der Waals surface area contributed by atoms with Crippen LogP contribution in [0.3, 0.4) is 0 Å². The summed E-state index contributed by atoms with van der Waals surface area (Å²) in [6.45, 7) is 1.93. The molecule has 28 heavy (non-hydrogen) atoms. The smallest absolute Gasteiger partial charge is 0.250 e. The lowest BCUT2D eigenvalue weighted by atomic mass is 10.2. The van der Waals surface area contributed by atoms with E-state index >= 15 is 0 Å². The molecule has 0 fully saturated rings. The fourth-order valence-electron chi connectivity index (χ4n) is 2.20. The summed E-state index contributed by atoms with van der Waals surface area (Å²) in [5, 5.41) is 9.29. The molecule has 0 spiro atoms. The van der Waals surface area contributed by atoms with Crippen LogP contribution in [-0.4, -0.2) is 16.9 Å². The fourth-order valence-corrected chi connectivity index (χ4v) is 2.70. The van der Waals surface area contributed by atoms with E-state index in [-0.39, 0.29) is 11.0 Å². The van der Waals surface area contributed by atoms with E-state index in [9.17, 15) is 9.59 Å². The molecule has 5 nitrogen and oxygen atoms in total. The van der Waals surface area contributed by atoms with E-state index in [1.807, 2.05) is 6.92 Å². The van der Waals surface area contributed by atoms with E-state index < -0.39 is 5.91 Å². The van der Waals surface area contributed by atoms with Crippen LogP contribution in [0.2, 0.25) is 10.0 Å². The van der Waals surface area contributed by atoms with Crippen LogP contribution in [0.15, 0.2) is 48.5 Å². The van der Waals surface area contributed by atoms with Crippen LogP contribution in [0, 0.1) is 0 Å². The van der Waals surface area contributed by atoms with Crippen molar-refractivity contribution in [2.45, 2.75) is 19.8 Å². The van der Waals surface area contributed by atoms with E-state index in [0.29, 0.717) is 27.8 Å². The van der Waals surface area contributed by atoms with Crippen LogP contribution in [-0.2, 0) is 9.59 Å². The first kappa shape index (κ1) is 21.9. The Morgan fingerprint density at radius 2 is 1.79 bits per heavy atom. The third kappa shape index (κ3) is 7.31. The van der Waals surface area contributed by atoms with Crippen molar-refractivity contribution >= 4 is 69.8 Å². The lowest BCUT2D eigenvalue weighted by molar-refractivity contribution is -0.116. The van der Waals surface area contributed by atoms with Gasteiger partial charge in [-0.05, 0) is 60.6 Å². The molecule has 2 rings (SSSR count). The minimum absolute atomic E-state index is 0.0843. The Hall–Kier alpha value is -2.41. The van der Waals surface area contributed by atoms with Gasteiger partial charge in [0.2, 0.25) is 11.8 Å². The second kappa shape index (κ2) is 10.8. The zero-order valence-corrected chi connectivity index (χ0v) is 17.4. The molecule has 2 aromatic rings.